The van der Waals surface area contributed by atoms with E-state index in [1.54, 1.807) is 0 Å². The van der Waals surface area contributed by atoms with E-state index in [2.05, 4.69) is 20.3 Å². The molecule has 7 N–H and O–H groups in total. The molecule has 5 atom stereocenters. The molecule has 2 aromatic rings. The molecule has 0 radical (unpaired) electrons. The fourth-order valence-corrected chi connectivity index (χ4v) is 2.86. The van der Waals surface area contributed by atoms with Gasteiger partial charge in [0.2, 0.25) is 5.91 Å². The van der Waals surface area contributed by atoms with E-state index in [4.69, 9.17) is 15.6 Å². The Bertz CT molecular complexity index is 874. The maximum absolute atomic E-state index is 12.2. The molecule has 0 unspecified atom stereocenters. The number of rotatable bonds is 7. The minimum absolute atomic E-state index is 0.0475. The number of imidazole rings is 1. The molecule has 0 aliphatic carbocycles. The number of fused-ring (bicyclic) bond motifs is 1. The molecule has 1 aliphatic heterocycles. The molecular formula is C15H20N6O7. The Kier molecular flexibility index (Phi) is 5.81. The fraction of sp³-hybridized carbons (Fsp3) is 0.533. The molecule has 28 heavy (non-hydrogen) atoms. The average molecular weight is 396 g/mol. The summed E-state index contributed by atoms with van der Waals surface area (Å²) in [7, 11) is 0. The van der Waals surface area contributed by atoms with Crippen LogP contribution in [0.5, 0.6) is 0 Å². The third-order valence-corrected chi connectivity index (χ3v) is 4.40. The second-order valence-corrected chi connectivity index (χ2v) is 6.30. The third kappa shape index (κ3) is 3.79. The first-order valence-electron chi connectivity index (χ1n) is 8.41. The number of hydrogen-bond acceptors (Lipinski definition) is 10. The van der Waals surface area contributed by atoms with Gasteiger partial charge in [0.1, 0.15) is 24.6 Å². The van der Waals surface area contributed by atoms with Crippen LogP contribution in [0.1, 0.15) is 19.1 Å². The quantitative estimate of drug-likeness (QED) is 0.290. The Balaban J connectivity index is 1.82. The Morgan fingerprint density at radius 2 is 2.04 bits per heavy atom. The van der Waals surface area contributed by atoms with Crippen molar-refractivity contribution in [2.24, 2.45) is 5.73 Å². The molecule has 3 rings (SSSR count). The van der Waals surface area contributed by atoms with E-state index in [0.717, 1.165) is 6.33 Å². The molecule has 0 spiro atoms. The van der Waals surface area contributed by atoms with Gasteiger partial charge in [-0.15, -0.1) is 0 Å². The largest absolute Gasteiger partial charge is 0.481 e. The van der Waals surface area contributed by atoms with Crippen LogP contribution >= 0.6 is 0 Å². The number of aliphatic carboxylic acids is 1. The number of anilines is 1. The van der Waals surface area contributed by atoms with Crippen LogP contribution in [0.15, 0.2) is 12.7 Å². The number of aliphatic hydroxyl groups excluding tert-OH is 3. The van der Waals surface area contributed by atoms with Crippen LogP contribution in [-0.4, -0.2) is 82.8 Å². The maximum atomic E-state index is 12.2. The van der Waals surface area contributed by atoms with E-state index in [1.807, 2.05) is 0 Å². The number of nitrogens with zero attached hydrogens (tertiary/aromatic N) is 4. The molecule has 3 heterocycles. The fourth-order valence-electron chi connectivity index (χ4n) is 2.86. The summed E-state index contributed by atoms with van der Waals surface area (Å²) >= 11 is 0. The second kappa shape index (κ2) is 8.12. The number of carbonyl (C=O) groups is 2. The number of aliphatic hydroxyl groups is 3. The van der Waals surface area contributed by atoms with Gasteiger partial charge in [0.15, 0.2) is 23.2 Å². The van der Waals surface area contributed by atoms with Gasteiger partial charge in [-0.05, 0) is 6.42 Å². The van der Waals surface area contributed by atoms with E-state index in [9.17, 15) is 24.9 Å². The standard InChI is InChI=1S/C15H20N6O7/c16-6(1-2-8(23)24)14(27)20-12-9-13(18-4-17-12)21(5-19-9)15-11(26)10(25)7(3-22)28-15/h4-7,10-11,15,22,25-26H,1-3,16H2,(H,23,24)(H,17,18,20,27)/t6-,7+,10+,11+,15+/m0/s1. The number of nitrogens with one attached hydrogen (secondary N) is 1. The molecule has 1 aliphatic rings. The Hall–Kier alpha value is -2.71. The van der Waals surface area contributed by atoms with E-state index < -0.39 is 49.1 Å². The summed E-state index contributed by atoms with van der Waals surface area (Å²) < 4.78 is 6.80. The summed E-state index contributed by atoms with van der Waals surface area (Å²) in [4.78, 5) is 34.9. The van der Waals surface area contributed by atoms with Crippen molar-refractivity contribution in [3.63, 3.8) is 0 Å². The first-order chi connectivity index (χ1) is 13.3. The summed E-state index contributed by atoms with van der Waals surface area (Å²) in [5, 5.41) is 40.4. The van der Waals surface area contributed by atoms with Gasteiger partial charge in [-0.1, -0.05) is 0 Å². The lowest BCUT2D eigenvalue weighted by atomic mass is 10.1. The van der Waals surface area contributed by atoms with Gasteiger partial charge in [0.25, 0.3) is 0 Å². The lowest BCUT2D eigenvalue weighted by Gasteiger charge is -2.16. The van der Waals surface area contributed by atoms with Crippen LogP contribution < -0.4 is 11.1 Å². The van der Waals surface area contributed by atoms with Gasteiger partial charge in [-0.2, -0.15) is 0 Å². The van der Waals surface area contributed by atoms with Crippen molar-refractivity contribution in [3.05, 3.63) is 12.7 Å². The number of aromatic nitrogens is 4. The summed E-state index contributed by atoms with van der Waals surface area (Å²) in [6.45, 7) is -0.480. The van der Waals surface area contributed by atoms with Crippen molar-refractivity contribution in [1.29, 1.82) is 0 Å². The SMILES string of the molecule is N[C@@H](CCC(=O)O)C(=O)Nc1ncnc2c1ncn2[C@@H]1O[C@H](CO)[C@@H](O)[C@H]1O. The van der Waals surface area contributed by atoms with Gasteiger partial charge >= 0.3 is 5.97 Å². The third-order valence-electron chi connectivity index (χ3n) is 4.40. The number of nitrogens with two attached hydrogens (primary N) is 1. The molecule has 13 nitrogen and oxygen atoms in total. The van der Waals surface area contributed by atoms with Gasteiger partial charge in [-0.3, -0.25) is 14.2 Å². The van der Waals surface area contributed by atoms with Gasteiger partial charge in [-0.25, -0.2) is 15.0 Å². The Morgan fingerprint density at radius 3 is 2.68 bits per heavy atom. The van der Waals surface area contributed by atoms with Crippen molar-refractivity contribution in [1.82, 2.24) is 19.5 Å². The van der Waals surface area contributed by atoms with E-state index in [-0.39, 0.29) is 29.8 Å². The van der Waals surface area contributed by atoms with Crippen molar-refractivity contribution >= 4 is 28.9 Å². The van der Waals surface area contributed by atoms with Crippen LogP contribution in [0.3, 0.4) is 0 Å². The smallest absolute Gasteiger partial charge is 0.303 e. The number of carboxylic acid groups (broad SMARTS) is 1. The zero-order valence-electron chi connectivity index (χ0n) is 14.5. The monoisotopic (exact) mass is 396 g/mol. The van der Waals surface area contributed by atoms with Crippen LogP contribution in [0.4, 0.5) is 5.82 Å². The molecule has 0 saturated carbocycles. The van der Waals surface area contributed by atoms with E-state index in [0.29, 0.717) is 0 Å². The van der Waals surface area contributed by atoms with Gasteiger partial charge in [0, 0.05) is 6.42 Å². The van der Waals surface area contributed by atoms with Crippen LogP contribution in [0, 0.1) is 0 Å². The lowest BCUT2D eigenvalue weighted by molar-refractivity contribution is -0.137. The van der Waals surface area contributed by atoms with Gasteiger partial charge in [0.05, 0.1) is 19.0 Å². The second-order valence-electron chi connectivity index (χ2n) is 6.30. The first kappa shape index (κ1) is 20.0. The van der Waals surface area contributed by atoms with E-state index in [1.165, 1.54) is 10.9 Å². The average Bonchev–Trinajstić information content (AvgIpc) is 3.22. The normalized spacial score (nSPS) is 25.7. The zero-order valence-corrected chi connectivity index (χ0v) is 14.5. The Morgan fingerprint density at radius 1 is 1.29 bits per heavy atom. The molecule has 0 bridgehead atoms. The lowest BCUT2D eigenvalue weighted by Crippen LogP contribution is -2.36. The Labute approximate surface area is 157 Å². The molecule has 1 saturated heterocycles. The highest BCUT2D eigenvalue weighted by Crippen LogP contribution is 2.32. The van der Waals surface area contributed by atoms with Crippen LogP contribution in [0.2, 0.25) is 0 Å². The molecular weight excluding hydrogens is 376 g/mol. The maximum Gasteiger partial charge on any atom is 0.303 e. The summed E-state index contributed by atoms with van der Waals surface area (Å²) in [5.41, 5.74) is 6.06. The summed E-state index contributed by atoms with van der Waals surface area (Å²) in [5.74, 6) is -1.65. The minimum Gasteiger partial charge on any atom is -0.481 e. The predicted molar refractivity (Wildman–Crippen MR) is 91.8 cm³/mol. The van der Waals surface area contributed by atoms with Gasteiger partial charge < -0.3 is 36.2 Å². The van der Waals surface area contributed by atoms with Crippen LogP contribution in [0.25, 0.3) is 11.2 Å². The summed E-state index contributed by atoms with van der Waals surface area (Å²) in [6, 6.07) is -1.05. The molecule has 2 aromatic heterocycles. The van der Waals surface area contributed by atoms with Crippen molar-refractivity contribution in [3.8, 4) is 0 Å². The molecule has 0 aromatic carbocycles. The number of carbonyl (C=O) groups excluding carboxylic acids is 1. The van der Waals surface area contributed by atoms with Crippen molar-refractivity contribution in [2.45, 2.75) is 43.4 Å². The van der Waals surface area contributed by atoms with Crippen molar-refractivity contribution < 1.29 is 34.8 Å². The predicted octanol–water partition coefficient (Wildman–Crippen LogP) is -2.43. The topological polar surface area (TPSA) is 206 Å². The first-order valence-corrected chi connectivity index (χ1v) is 8.41. The van der Waals surface area contributed by atoms with E-state index >= 15 is 0 Å². The number of hydrogen-bond donors (Lipinski definition) is 6. The van der Waals surface area contributed by atoms with Crippen molar-refractivity contribution in [2.75, 3.05) is 11.9 Å². The molecule has 1 amide bonds. The highest BCUT2D eigenvalue weighted by atomic mass is 16.6. The highest BCUT2D eigenvalue weighted by molar-refractivity contribution is 5.99. The van der Waals surface area contributed by atoms with Crippen LogP contribution in [-0.2, 0) is 14.3 Å². The number of ether oxygens (including phenoxy) is 1. The summed E-state index contributed by atoms with van der Waals surface area (Å²) in [6.07, 6.45) is -2.49. The molecule has 152 valence electrons. The molecule has 1 fully saturated rings. The number of amides is 1. The minimum atomic E-state index is -1.33. The zero-order chi connectivity index (χ0) is 20.4. The molecule has 13 heteroatoms. The highest BCUT2D eigenvalue weighted by Gasteiger charge is 2.44. The number of carboxylic acids is 1.